The van der Waals surface area contributed by atoms with E-state index in [-0.39, 0.29) is 0 Å². The molecule has 1 aromatic carbocycles. The minimum Gasteiger partial charge on any atom is -0.490 e. The lowest BCUT2D eigenvalue weighted by atomic mass is 10.1. The Morgan fingerprint density at radius 3 is 2.44 bits per heavy atom. The van der Waals surface area contributed by atoms with Gasteiger partial charge in [-0.1, -0.05) is 46.5 Å². The highest BCUT2D eigenvalue weighted by molar-refractivity contribution is 6.55. The van der Waals surface area contributed by atoms with Crippen LogP contribution in [0.15, 0.2) is 46.5 Å². The summed E-state index contributed by atoms with van der Waals surface area (Å²) in [6.45, 7) is 2.60. The van der Waals surface area contributed by atoms with Crippen LogP contribution >= 0.6 is 34.8 Å². The summed E-state index contributed by atoms with van der Waals surface area (Å²) in [7, 11) is 0. The van der Waals surface area contributed by atoms with E-state index in [1.165, 1.54) is 5.57 Å². The van der Waals surface area contributed by atoms with Gasteiger partial charge in [0, 0.05) is 5.02 Å². The molecule has 1 nitrogen and oxygen atoms in total. The average molecular weight is 306 g/mol. The van der Waals surface area contributed by atoms with Gasteiger partial charge in [-0.3, -0.25) is 0 Å². The van der Waals surface area contributed by atoms with Gasteiger partial charge in [0.25, 0.3) is 0 Å². The third-order valence-corrected chi connectivity index (χ3v) is 2.89. The second-order valence-corrected chi connectivity index (χ2v) is 5.29. The molecule has 0 bridgehead atoms. The van der Waals surface area contributed by atoms with Crippen molar-refractivity contribution in [1.82, 2.24) is 0 Å². The van der Waals surface area contributed by atoms with Crippen molar-refractivity contribution in [1.29, 1.82) is 0 Å². The van der Waals surface area contributed by atoms with Crippen LogP contribution in [0.4, 0.5) is 0 Å². The Hall–Kier alpha value is -0.630. The predicted octanol–water partition coefficient (Wildman–Crippen LogP) is 5.76. The smallest absolute Gasteiger partial charge is 0.119 e. The van der Waals surface area contributed by atoms with Crippen LogP contribution in [0.3, 0.4) is 0 Å². The fraction of sp³-hybridized carbons (Fsp3) is 0.286. The van der Waals surface area contributed by atoms with E-state index in [4.69, 9.17) is 39.5 Å². The van der Waals surface area contributed by atoms with Gasteiger partial charge in [0.05, 0.1) is 0 Å². The molecule has 0 saturated carbocycles. The lowest BCUT2D eigenvalue weighted by molar-refractivity contribution is 0.361. The Bertz CT molecular complexity index is 417. The van der Waals surface area contributed by atoms with E-state index in [1.54, 1.807) is 18.2 Å². The van der Waals surface area contributed by atoms with Gasteiger partial charge in [-0.2, -0.15) is 0 Å². The van der Waals surface area contributed by atoms with Crippen LogP contribution in [-0.2, 0) is 0 Å². The van der Waals surface area contributed by atoms with Crippen molar-refractivity contribution in [3.63, 3.8) is 0 Å². The first-order valence-corrected chi connectivity index (χ1v) is 6.76. The van der Waals surface area contributed by atoms with Gasteiger partial charge < -0.3 is 4.74 Å². The van der Waals surface area contributed by atoms with Crippen molar-refractivity contribution in [3.8, 4) is 5.75 Å². The number of hydrogen-bond donors (Lipinski definition) is 0. The molecule has 0 radical (unpaired) electrons. The molecule has 0 fully saturated rings. The molecule has 0 N–H and O–H groups in total. The Morgan fingerprint density at radius 2 is 1.83 bits per heavy atom. The molecule has 0 spiro atoms. The van der Waals surface area contributed by atoms with Crippen molar-refractivity contribution in [3.05, 3.63) is 51.5 Å². The summed E-state index contributed by atoms with van der Waals surface area (Å²) in [6, 6.07) is 7.31. The first kappa shape index (κ1) is 15.4. The summed E-state index contributed by atoms with van der Waals surface area (Å²) in [6.07, 6.45) is 5.60. The molecule has 0 heterocycles. The van der Waals surface area contributed by atoms with Crippen LogP contribution in [-0.4, -0.2) is 6.61 Å². The monoisotopic (exact) mass is 304 g/mol. The molecule has 0 aliphatic heterocycles. The molecule has 0 amide bonds. The van der Waals surface area contributed by atoms with Gasteiger partial charge >= 0.3 is 0 Å². The highest BCUT2D eigenvalue weighted by Gasteiger charge is 1.93. The summed E-state index contributed by atoms with van der Waals surface area (Å²) in [5.41, 5.74) is 1.25. The van der Waals surface area contributed by atoms with Crippen molar-refractivity contribution in [2.45, 2.75) is 19.8 Å². The maximum atomic E-state index is 5.78. The zero-order valence-corrected chi connectivity index (χ0v) is 12.4. The Morgan fingerprint density at radius 1 is 1.17 bits per heavy atom. The minimum absolute atomic E-state index is 0.320. The van der Waals surface area contributed by atoms with E-state index in [2.05, 4.69) is 6.92 Å². The van der Waals surface area contributed by atoms with Crippen LogP contribution in [0.2, 0.25) is 5.02 Å². The maximum Gasteiger partial charge on any atom is 0.119 e. The summed E-state index contributed by atoms with van der Waals surface area (Å²) < 4.78 is 5.88. The molecule has 1 rings (SSSR count). The van der Waals surface area contributed by atoms with E-state index in [0.717, 1.165) is 18.6 Å². The van der Waals surface area contributed by atoms with Gasteiger partial charge in [0.2, 0.25) is 0 Å². The number of halogens is 3. The molecule has 18 heavy (non-hydrogen) atoms. The highest BCUT2D eigenvalue weighted by Crippen LogP contribution is 2.16. The fourth-order valence-corrected chi connectivity index (χ4v) is 1.67. The molecule has 0 aromatic heterocycles. The molecule has 0 aliphatic rings. The standard InChI is InChI=1S/C14H15Cl3O/c1-11(3-2-4-14(16)17)9-10-18-13-7-5-12(15)6-8-13/h4-9H,2-3,10H2,1H3. The average Bonchev–Trinajstić information content (AvgIpc) is 2.31. The second kappa shape index (κ2) is 8.47. The fourth-order valence-electron chi connectivity index (χ4n) is 1.32. The lowest BCUT2D eigenvalue weighted by Gasteiger charge is -2.04. The Kier molecular flexibility index (Phi) is 7.26. The first-order valence-electron chi connectivity index (χ1n) is 5.63. The van der Waals surface area contributed by atoms with Gasteiger partial charge in [0.1, 0.15) is 16.8 Å². The van der Waals surface area contributed by atoms with Crippen LogP contribution in [0, 0.1) is 0 Å². The zero-order valence-electron chi connectivity index (χ0n) is 10.1. The molecule has 98 valence electrons. The summed E-state index contributed by atoms with van der Waals surface area (Å²) in [5.74, 6) is 0.812. The maximum absolute atomic E-state index is 5.78. The van der Waals surface area contributed by atoms with E-state index in [0.29, 0.717) is 16.1 Å². The molecule has 0 aliphatic carbocycles. The topological polar surface area (TPSA) is 9.23 Å². The van der Waals surface area contributed by atoms with Crippen LogP contribution < -0.4 is 4.74 Å². The van der Waals surface area contributed by atoms with Gasteiger partial charge in [-0.25, -0.2) is 0 Å². The van der Waals surface area contributed by atoms with Crippen LogP contribution in [0.25, 0.3) is 0 Å². The normalized spacial score (nSPS) is 11.2. The number of ether oxygens (including phenoxy) is 1. The molecule has 0 saturated heterocycles. The summed E-state index contributed by atoms with van der Waals surface area (Å²) in [4.78, 5) is 0. The van der Waals surface area contributed by atoms with Gasteiger partial charge in [0.15, 0.2) is 0 Å². The van der Waals surface area contributed by atoms with Gasteiger partial charge in [-0.05, 0) is 50.1 Å². The van der Waals surface area contributed by atoms with Crippen molar-refractivity contribution >= 4 is 34.8 Å². The molecular weight excluding hydrogens is 291 g/mol. The minimum atomic E-state index is 0.320. The zero-order chi connectivity index (χ0) is 13.4. The SMILES string of the molecule is CC(=CCOc1ccc(Cl)cc1)CCC=C(Cl)Cl. The Labute approximate surface area is 123 Å². The van der Waals surface area contributed by atoms with Gasteiger partial charge in [-0.15, -0.1) is 0 Å². The molecular formula is C14H15Cl3O. The summed E-state index contributed by atoms with van der Waals surface area (Å²) in [5, 5.41) is 0.707. The third kappa shape index (κ3) is 6.95. The second-order valence-electron chi connectivity index (χ2n) is 3.85. The predicted molar refractivity (Wildman–Crippen MR) is 79.7 cm³/mol. The van der Waals surface area contributed by atoms with Crippen molar-refractivity contribution in [2.24, 2.45) is 0 Å². The Balaban J connectivity index is 2.31. The highest BCUT2D eigenvalue weighted by atomic mass is 35.5. The molecule has 0 atom stereocenters. The quantitative estimate of drug-likeness (QED) is 0.607. The number of rotatable bonds is 6. The first-order chi connectivity index (χ1) is 8.58. The van der Waals surface area contributed by atoms with E-state index in [9.17, 15) is 0 Å². The number of allylic oxidation sites excluding steroid dienone is 2. The largest absolute Gasteiger partial charge is 0.490 e. The third-order valence-electron chi connectivity index (χ3n) is 2.33. The summed E-state index contributed by atoms with van der Waals surface area (Å²) >= 11 is 16.8. The van der Waals surface area contributed by atoms with Crippen LogP contribution in [0.5, 0.6) is 5.75 Å². The van der Waals surface area contributed by atoms with Crippen LogP contribution in [0.1, 0.15) is 19.8 Å². The molecule has 0 unspecified atom stereocenters. The van der Waals surface area contributed by atoms with E-state index >= 15 is 0 Å². The van der Waals surface area contributed by atoms with Crippen molar-refractivity contribution < 1.29 is 4.74 Å². The van der Waals surface area contributed by atoms with E-state index in [1.807, 2.05) is 18.2 Å². The van der Waals surface area contributed by atoms with E-state index < -0.39 is 0 Å². The number of benzene rings is 1. The number of hydrogen-bond acceptors (Lipinski definition) is 1. The molecule has 1 aromatic rings. The van der Waals surface area contributed by atoms with Crippen molar-refractivity contribution in [2.75, 3.05) is 6.61 Å². The molecule has 4 heteroatoms. The lowest BCUT2D eigenvalue weighted by Crippen LogP contribution is -1.94.